The summed E-state index contributed by atoms with van der Waals surface area (Å²) in [7, 11) is 0. The van der Waals surface area contributed by atoms with E-state index < -0.39 is 11.5 Å². The zero-order valence-corrected chi connectivity index (χ0v) is 11.8. The van der Waals surface area contributed by atoms with Gasteiger partial charge in [0.25, 0.3) is 11.5 Å². The van der Waals surface area contributed by atoms with Gasteiger partial charge in [0, 0.05) is 17.3 Å². The van der Waals surface area contributed by atoms with E-state index in [-0.39, 0.29) is 18.5 Å². The number of H-pyrrole nitrogens is 1. The van der Waals surface area contributed by atoms with E-state index in [0.29, 0.717) is 10.7 Å². The van der Waals surface area contributed by atoms with Crippen molar-refractivity contribution in [3.05, 3.63) is 57.3 Å². The lowest BCUT2D eigenvalue weighted by molar-refractivity contribution is 0.0953. The van der Waals surface area contributed by atoms with Crippen molar-refractivity contribution in [3.63, 3.8) is 0 Å². The summed E-state index contributed by atoms with van der Waals surface area (Å²) in [6.07, 6.45) is 0.201. The first kappa shape index (κ1) is 14.8. The van der Waals surface area contributed by atoms with Crippen LogP contribution < -0.4 is 10.9 Å². The maximum Gasteiger partial charge on any atom is 0.261 e. The number of amides is 1. The van der Waals surface area contributed by atoms with Crippen molar-refractivity contribution in [1.29, 1.82) is 5.26 Å². The Bertz CT molecular complexity index is 745. The van der Waals surface area contributed by atoms with Gasteiger partial charge in [-0.1, -0.05) is 23.7 Å². The van der Waals surface area contributed by atoms with Gasteiger partial charge < -0.3 is 10.3 Å². The molecular weight excluding hydrogens is 290 g/mol. The highest BCUT2D eigenvalue weighted by Crippen LogP contribution is 2.18. The minimum Gasteiger partial charge on any atom is -0.351 e. The van der Waals surface area contributed by atoms with E-state index in [0.717, 1.165) is 5.56 Å². The molecule has 5 nitrogen and oxygen atoms in total. The van der Waals surface area contributed by atoms with E-state index in [9.17, 15) is 9.59 Å². The molecule has 0 bridgehead atoms. The van der Waals surface area contributed by atoms with E-state index in [2.05, 4.69) is 10.3 Å². The molecule has 0 aliphatic rings. The monoisotopic (exact) mass is 301 g/mol. The topological polar surface area (TPSA) is 85.8 Å². The molecule has 0 saturated heterocycles. The third-order valence-corrected chi connectivity index (χ3v) is 3.08. The summed E-state index contributed by atoms with van der Waals surface area (Å²) >= 11 is 5.81. The third kappa shape index (κ3) is 3.71. The number of nitriles is 1. The average molecular weight is 302 g/mol. The maximum absolute atomic E-state index is 11.9. The molecule has 1 heterocycles. The lowest BCUT2D eigenvalue weighted by atomic mass is 10.1. The number of pyridine rings is 1. The molecule has 2 rings (SSSR count). The first-order valence-electron chi connectivity index (χ1n) is 6.26. The van der Waals surface area contributed by atoms with Crippen LogP contribution in [0.2, 0.25) is 5.02 Å². The van der Waals surface area contributed by atoms with Crippen molar-refractivity contribution < 1.29 is 4.79 Å². The number of rotatable bonds is 4. The molecule has 106 valence electrons. The number of nitrogens with one attached hydrogen (secondary N) is 2. The molecule has 21 heavy (non-hydrogen) atoms. The number of carbonyl (C=O) groups is 1. The fourth-order valence-electron chi connectivity index (χ4n) is 1.78. The summed E-state index contributed by atoms with van der Waals surface area (Å²) < 4.78 is 0. The second kappa shape index (κ2) is 6.73. The molecule has 2 aromatic rings. The first-order valence-corrected chi connectivity index (χ1v) is 6.64. The molecule has 0 atom stereocenters. The molecule has 0 aliphatic heterocycles. The van der Waals surface area contributed by atoms with Crippen LogP contribution in [0.5, 0.6) is 0 Å². The summed E-state index contributed by atoms with van der Waals surface area (Å²) in [5.74, 6) is -0.492. The minimum absolute atomic E-state index is 0.0191. The van der Waals surface area contributed by atoms with E-state index in [4.69, 9.17) is 16.9 Å². The minimum atomic E-state index is -0.492. The number of aromatic amines is 1. The standard InChI is InChI=1S/C15H12ClN3O2/c16-11-4-2-10(3-5-11)13-7-6-12(15(21)19-13)14(20)18-9-1-8-17/h2-7H,1,9H2,(H,18,20)(H,19,21). The summed E-state index contributed by atoms with van der Waals surface area (Å²) in [6, 6.07) is 12.0. The average Bonchev–Trinajstić information content (AvgIpc) is 2.48. The van der Waals surface area contributed by atoms with Crippen LogP contribution in [0, 0.1) is 11.3 Å². The van der Waals surface area contributed by atoms with Gasteiger partial charge in [-0.25, -0.2) is 0 Å². The lowest BCUT2D eigenvalue weighted by Gasteiger charge is -2.05. The molecule has 1 aromatic heterocycles. The van der Waals surface area contributed by atoms with Gasteiger partial charge in [0.2, 0.25) is 0 Å². The summed E-state index contributed by atoms with van der Waals surface area (Å²) in [5.41, 5.74) is 0.945. The van der Waals surface area contributed by atoms with Gasteiger partial charge in [-0.05, 0) is 29.8 Å². The fraction of sp³-hybridized carbons (Fsp3) is 0.133. The molecule has 0 unspecified atom stereocenters. The first-order chi connectivity index (χ1) is 10.1. The molecule has 2 N–H and O–H groups in total. The van der Waals surface area contributed by atoms with Crippen LogP contribution in [0.15, 0.2) is 41.2 Å². The van der Waals surface area contributed by atoms with Crippen molar-refractivity contribution in [3.8, 4) is 17.3 Å². The van der Waals surface area contributed by atoms with Gasteiger partial charge in [-0.2, -0.15) is 5.26 Å². The zero-order chi connectivity index (χ0) is 15.2. The molecule has 6 heteroatoms. The van der Waals surface area contributed by atoms with E-state index >= 15 is 0 Å². The number of hydrogen-bond donors (Lipinski definition) is 2. The van der Waals surface area contributed by atoms with Crippen LogP contribution in [-0.4, -0.2) is 17.4 Å². The SMILES string of the molecule is N#CCCNC(=O)c1ccc(-c2ccc(Cl)cc2)[nH]c1=O. The Morgan fingerprint density at radius 2 is 1.95 bits per heavy atom. The smallest absolute Gasteiger partial charge is 0.261 e. The van der Waals surface area contributed by atoms with Gasteiger partial charge in [0.15, 0.2) is 0 Å². The Balaban J connectivity index is 2.22. The number of halogens is 1. The molecule has 1 aromatic carbocycles. The molecule has 0 spiro atoms. The normalized spacial score (nSPS) is 9.90. The number of nitrogens with zero attached hydrogens (tertiary/aromatic N) is 1. The van der Waals surface area contributed by atoms with Crippen molar-refractivity contribution in [2.75, 3.05) is 6.54 Å². The van der Waals surface area contributed by atoms with Gasteiger partial charge in [-0.15, -0.1) is 0 Å². The van der Waals surface area contributed by atoms with Crippen LogP contribution in [0.25, 0.3) is 11.3 Å². The second-order valence-corrected chi connectivity index (χ2v) is 4.72. The second-order valence-electron chi connectivity index (χ2n) is 4.29. The predicted molar refractivity (Wildman–Crippen MR) is 80.1 cm³/mol. The van der Waals surface area contributed by atoms with Crippen molar-refractivity contribution >= 4 is 17.5 Å². The predicted octanol–water partition coefficient (Wildman–Crippen LogP) is 2.34. The fourth-order valence-corrected chi connectivity index (χ4v) is 1.90. The number of hydrogen-bond acceptors (Lipinski definition) is 3. The summed E-state index contributed by atoms with van der Waals surface area (Å²) in [5, 5.41) is 11.5. The number of benzene rings is 1. The van der Waals surface area contributed by atoms with Gasteiger partial charge in [-0.3, -0.25) is 9.59 Å². The molecule has 1 amide bonds. The maximum atomic E-state index is 11.9. The molecule has 0 saturated carbocycles. The third-order valence-electron chi connectivity index (χ3n) is 2.83. The van der Waals surface area contributed by atoms with E-state index in [1.807, 2.05) is 6.07 Å². The van der Waals surface area contributed by atoms with Crippen LogP contribution in [0.1, 0.15) is 16.8 Å². The number of aromatic nitrogens is 1. The highest BCUT2D eigenvalue weighted by atomic mass is 35.5. The summed E-state index contributed by atoms with van der Waals surface area (Å²) in [6.45, 7) is 0.216. The highest BCUT2D eigenvalue weighted by Gasteiger charge is 2.10. The van der Waals surface area contributed by atoms with Crippen LogP contribution >= 0.6 is 11.6 Å². The highest BCUT2D eigenvalue weighted by molar-refractivity contribution is 6.30. The van der Waals surface area contributed by atoms with Gasteiger partial charge >= 0.3 is 0 Å². The Hall–Kier alpha value is -2.58. The van der Waals surface area contributed by atoms with Gasteiger partial charge in [0.05, 0.1) is 12.5 Å². The Morgan fingerprint density at radius 1 is 1.24 bits per heavy atom. The van der Waals surface area contributed by atoms with Crippen molar-refractivity contribution in [2.45, 2.75) is 6.42 Å². The molecule has 0 radical (unpaired) electrons. The quantitative estimate of drug-likeness (QED) is 0.850. The number of carbonyl (C=O) groups excluding carboxylic acids is 1. The lowest BCUT2D eigenvalue weighted by Crippen LogP contribution is -2.30. The summed E-state index contributed by atoms with van der Waals surface area (Å²) in [4.78, 5) is 26.4. The van der Waals surface area contributed by atoms with E-state index in [1.165, 1.54) is 6.07 Å². The Kier molecular flexibility index (Phi) is 4.75. The van der Waals surface area contributed by atoms with Gasteiger partial charge in [0.1, 0.15) is 5.56 Å². The Morgan fingerprint density at radius 3 is 2.57 bits per heavy atom. The van der Waals surface area contributed by atoms with Crippen LogP contribution in [-0.2, 0) is 0 Å². The largest absolute Gasteiger partial charge is 0.351 e. The van der Waals surface area contributed by atoms with Crippen LogP contribution in [0.4, 0.5) is 0 Å². The molecular formula is C15H12ClN3O2. The molecule has 0 aliphatic carbocycles. The van der Waals surface area contributed by atoms with E-state index in [1.54, 1.807) is 30.3 Å². The van der Waals surface area contributed by atoms with Crippen molar-refractivity contribution in [1.82, 2.24) is 10.3 Å². The Labute approximate surface area is 126 Å². The van der Waals surface area contributed by atoms with Crippen molar-refractivity contribution in [2.24, 2.45) is 0 Å². The zero-order valence-electron chi connectivity index (χ0n) is 11.0. The van der Waals surface area contributed by atoms with Crippen LogP contribution in [0.3, 0.4) is 0 Å². The molecule has 0 fully saturated rings.